The minimum absolute atomic E-state index is 0.0122. The van der Waals surface area contributed by atoms with Crippen LogP contribution in [0.5, 0.6) is 0 Å². The second-order valence-corrected chi connectivity index (χ2v) is 7.30. The first-order valence-electron chi connectivity index (χ1n) is 9.81. The molecule has 1 aromatic heterocycles. The number of anilines is 1. The molecule has 162 valence electrons. The highest BCUT2D eigenvalue weighted by molar-refractivity contribution is 5.92. The average Bonchev–Trinajstić information content (AvgIpc) is 3.18. The molecule has 2 N–H and O–H groups in total. The number of piperidine rings is 1. The number of carbonyl (C=O) groups excluding carboxylic acids is 2. The van der Waals surface area contributed by atoms with Crippen molar-refractivity contribution in [3.8, 4) is 0 Å². The Kier molecular flexibility index (Phi) is 7.34. The number of nitrogens with one attached hydrogen (secondary N) is 2. The summed E-state index contributed by atoms with van der Waals surface area (Å²) < 4.78 is 26.5. The molecule has 0 aliphatic carbocycles. The maximum absolute atomic E-state index is 12.9. The van der Waals surface area contributed by atoms with Crippen molar-refractivity contribution in [1.29, 1.82) is 0 Å². The lowest BCUT2D eigenvalue weighted by molar-refractivity contribution is -0.117. The maximum Gasteiger partial charge on any atom is 0.319 e. The van der Waals surface area contributed by atoms with E-state index in [0.717, 1.165) is 10.3 Å². The molecule has 1 saturated heterocycles. The summed E-state index contributed by atoms with van der Waals surface area (Å²) >= 11 is 0. The monoisotopic (exact) mass is 420 g/mol. The van der Waals surface area contributed by atoms with E-state index in [9.17, 15) is 18.4 Å². The van der Waals surface area contributed by atoms with Gasteiger partial charge >= 0.3 is 12.6 Å². The molecule has 3 rings (SSSR count). The van der Waals surface area contributed by atoms with Gasteiger partial charge in [-0.05, 0) is 25.0 Å². The van der Waals surface area contributed by atoms with E-state index < -0.39 is 6.55 Å². The zero-order chi connectivity index (χ0) is 21.5. The van der Waals surface area contributed by atoms with Crippen LogP contribution < -0.4 is 10.6 Å². The highest BCUT2D eigenvalue weighted by atomic mass is 19.3. The van der Waals surface area contributed by atoms with Gasteiger partial charge in [0.1, 0.15) is 5.82 Å². The lowest BCUT2D eigenvalue weighted by Gasteiger charge is -2.32. The molecule has 1 aliphatic heterocycles. The minimum atomic E-state index is -2.69. The Labute approximate surface area is 173 Å². The summed E-state index contributed by atoms with van der Waals surface area (Å²) in [6.07, 6.45) is 3.90. The molecule has 0 spiro atoms. The van der Waals surface area contributed by atoms with Crippen LogP contribution in [0.1, 0.15) is 25.2 Å². The summed E-state index contributed by atoms with van der Waals surface area (Å²) in [6.45, 7) is -1.03. The zero-order valence-corrected chi connectivity index (χ0v) is 16.8. The second kappa shape index (κ2) is 10.1. The van der Waals surface area contributed by atoms with Crippen LogP contribution in [-0.4, -0.2) is 64.0 Å². The van der Waals surface area contributed by atoms with Crippen molar-refractivity contribution in [3.63, 3.8) is 0 Å². The Hall–Kier alpha value is -3.01. The van der Waals surface area contributed by atoms with Gasteiger partial charge in [0.25, 0.3) is 0 Å². The molecular formula is C20H26F2N6O2. The van der Waals surface area contributed by atoms with Crippen molar-refractivity contribution in [2.45, 2.75) is 32.0 Å². The SMILES string of the molecule is CN(Cc1nccn1C(F)F)C(=O)NC1CCN(CC(=O)Nc2ccccc2)CC1. The van der Waals surface area contributed by atoms with Gasteiger partial charge < -0.3 is 15.5 Å². The van der Waals surface area contributed by atoms with Crippen molar-refractivity contribution in [1.82, 2.24) is 24.7 Å². The molecule has 1 aromatic carbocycles. The molecule has 0 saturated carbocycles. The molecular weight excluding hydrogens is 394 g/mol. The molecule has 3 amide bonds. The Bertz CT molecular complexity index is 837. The fourth-order valence-corrected chi connectivity index (χ4v) is 3.37. The number of halogens is 2. The molecule has 2 aromatic rings. The fourth-order valence-electron chi connectivity index (χ4n) is 3.37. The van der Waals surface area contributed by atoms with Gasteiger partial charge in [0, 0.05) is 44.3 Å². The van der Waals surface area contributed by atoms with E-state index >= 15 is 0 Å². The zero-order valence-electron chi connectivity index (χ0n) is 16.8. The largest absolute Gasteiger partial charge is 0.335 e. The summed E-state index contributed by atoms with van der Waals surface area (Å²) in [6, 6.07) is 8.93. The summed E-state index contributed by atoms with van der Waals surface area (Å²) in [5, 5.41) is 5.79. The Balaban J connectivity index is 1.40. The number of para-hydroxylation sites is 1. The van der Waals surface area contributed by atoms with Gasteiger partial charge in [-0.3, -0.25) is 14.3 Å². The Morgan fingerprint density at radius 2 is 1.93 bits per heavy atom. The summed E-state index contributed by atoms with van der Waals surface area (Å²) in [7, 11) is 1.54. The molecule has 0 bridgehead atoms. The normalized spacial score (nSPS) is 15.2. The molecule has 30 heavy (non-hydrogen) atoms. The highest BCUT2D eigenvalue weighted by Crippen LogP contribution is 2.15. The van der Waals surface area contributed by atoms with Gasteiger partial charge in [0.15, 0.2) is 0 Å². The van der Waals surface area contributed by atoms with E-state index in [4.69, 9.17) is 0 Å². The number of hydrogen-bond donors (Lipinski definition) is 2. The van der Waals surface area contributed by atoms with Crippen LogP contribution >= 0.6 is 0 Å². The minimum Gasteiger partial charge on any atom is -0.335 e. The van der Waals surface area contributed by atoms with Gasteiger partial charge in [-0.1, -0.05) is 18.2 Å². The number of alkyl halides is 2. The molecule has 0 unspecified atom stereocenters. The van der Waals surface area contributed by atoms with Crippen molar-refractivity contribution in [2.24, 2.45) is 0 Å². The molecule has 0 radical (unpaired) electrons. The van der Waals surface area contributed by atoms with E-state index in [1.54, 1.807) is 7.05 Å². The molecule has 8 nitrogen and oxygen atoms in total. The van der Waals surface area contributed by atoms with E-state index in [0.29, 0.717) is 32.5 Å². The van der Waals surface area contributed by atoms with Crippen molar-refractivity contribution >= 4 is 17.6 Å². The number of imidazole rings is 1. The standard InChI is InChI=1S/C20H26F2N6O2/c1-26(13-17-23-9-12-28(17)19(21)22)20(30)25-16-7-10-27(11-8-16)14-18(29)24-15-5-3-2-4-6-15/h2-6,9,12,16,19H,7-8,10-11,13-14H2,1H3,(H,24,29)(H,25,30). The predicted molar refractivity (Wildman–Crippen MR) is 108 cm³/mol. The number of hydrogen-bond acceptors (Lipinski definition) is 4. The molecule has 0 atom stereocenters. The Morgan fingerprint density at radius 3 is 2.60 bits per heavy atom. The molecule has 1 fully saturated rings. The number of aromatic nitrogens is 2. The lowest BCUT2D eigenvalue weighted by atomic mass is 10.1. The second-order valence-electron chi connectivity index (χ2n) is 7.30. The topological polar surface area (TPSA) is 82.5 Å². The summed E-state index contributed by atoms with van der Waals surface area (Å²) in [4.78, 5) is 31.8. The van der Waals surface area contributed by atoms with E-state index in [-0.39, 0.29) is 30.3 Å². The van der Waals surface area contributed by atoms with Crippen molar-refractivity contribution < 1.29 is 18.4 Å². The highest BCUT2D eigenvalue weighted by Gasteiger charge is 2.24. The first-order chi connectivity index (χ1) is 14.4. The third-order valence-electron chi connectivity index (χ3n) is 5.02. The Morgan fingerprint density at radius 1 is 1.23 bits per heavy atom. The number of nitrogens with zero attached hydrogens (tertiary/aromatic N) is 4. The first kappa shape index (κ1) is 21.7. The van der Waals surface area contributed by atoms with Crippen LogP contribution in [0.4, 0.5) is 19.3 Å². The van der Waals surface area contributed by atoms with Gasteiger partial charge in [0.05, 0.1) is 13.1 Å². The molecule has 10 heteroatoms. The number of benzene rings is 1. The first-order valence-corrected chi connectivity index (χ1v) is 9.81. The van der Waals surface area contributed by atoms with Crippen LogP contribution in [-0.2, 0) is 11.3 Å². The van der Waals surface area contributed by atoms with E-state index in [2.05, 4.69) is 15.6 Å². The lowest BCUT2D eigenvalue weighted by Crippen LogP contribution is -2.49. The van der Waals surface area contributed by atoms with Crippen LogP contribution in [0.15, 0.2) is 42.7 Å². The van der Waals surface area contributed by atoms with Gasteiger partial charge in [-0.15, -0.1) is 0 Å². The van der Waals surface area contributed by atoms with E-state index in [1.807, 2.05) is 35.2 Å². The summed E-state index contributed by atoms with van der Waals surface area (Å²) in [5.74, 6) is 0.0554. The van der Waals surface area contributed by atoms with Gasteiger partial charge in [-0.25, -0.2) is 9.78 Å². The third kappa shape index (κ3) is 5.99. The third-order valence-corrected chi connectivity index (χ3v) is 5.02. The summed E-state index contributed by atoms with van der Waals surface area (Å²) in [5.41, 5.74) is 0.764. The van der Waals surface area contributed by atoms with Crippen LogP contribution in [0.2, 0.25) is 0 Å². The number of urea groups is 1. The number of likely N-dealkylation sites (tertiary alicyclic amines) is 1. The number of amides is 3. The molecule has 2 heterocycles. The number of carbonyl (C=O) groups is 2. The predicted octanol–water partition coefficient (Wildman–Crippen LogP) is 2.52. The van der Waals surface area contributed by atoms with Crippen molar-refractivity contribution in [2.75, 3.05) is 32.0 Å². The van der Waals surface area contributed by atoms with Gasteiger partial charge in [-0.2, -0.15) is 8.78 Å². The van der Waals surface area contributed by atoms with Gasteiger partial charge in [0.2, 0.25) is 5.91 Å². The number of rotatable bonds is 7. The van der Waals surface area contributed by atoms with Crippen molar-refractivity contribution in [3.05, 3.63) is 48.5 Å². The molecule has 1 aliphatic rings. The van der Waals surface area contributed by atoms with E-state index in [1.165, 1.54) is 17.3 Å². The maximum atomic E-state index is 12.9. The fraction of sp³-hybridized carbons (Fsp3) is 0.450. The quantitative estimate of drug-likeness (QED) is 0.721. The van der Waals surface area contributed by atoms with Crippen LogP contribution in [0.25, 0.3) is 0 Å². The van der Waals surface area contributed by atoms with Crippen LogP contribution in [0, 0.1) is 0 Å². The smallest absolute Gasteiger partial charge is 0.319 e. The van der Waals surface area contributed by atoms with Crippen LogP contribution in [0.3, 0.4) is 0 Å². The average molecular weight is 420 g/mol.